The lowest BCUT2D eigenvalue weighted by Gasteiger charge is -2.39. The van der Waals surface area contributed by atoms with Crippen molar-refractivity contribution in [2.45, 2.75) is 38.7 Å². The summed E-state index contributed by atoms with van der Waals surface area (Å²) in [5.74, 6) is 0.0132. The van der Waals surface area contributed by atoms with Crippen molar-refractivity contribution in [3.63, 3.8) is 0 Å². The minimum absolute atomic E-state index is 0.138. The van der Waals surface area contributed by atoms with Gasteiger partial charge in [-0.2, -0.15) is 31.4 Å². The molecule has 5 rings (SSSR count). The van der Waals surface area contributed by atoms with Crippen LogP contribution in [0.25, 0.3) is 10.9 Å². The number of halogens is 6. The van der Waals surface area contributed by atoms with E-state index >= 15 is 0 Å². The highest BCUT2D eigenvalue weighted by atomic mass is 19.4. The van der Waals surface area contributed by atoms with Gasteiger partial charge in [0, 0.05) is 54.7 Å². The number of hydrogen-bond donors (Lipinski definition) is 0. The second kappa shape index (κ2) is 11.1. The van der Waals surface area contributed by atoms with Gasteiger partial charge in [-0.25, -0.2) is 0 Å². The molecule has 1 saturated heterocycles. The highest BCUT2D eigenvalue weighted by Gasteiger charge is 2.32. The minimum Gasteiger partial charge on any atom is -0.457 e. The number of carbonyl (C=O) groups is 2. The molecule has 3 aromatic carbocycles. The molecule has 0 radical (unpaired) electrons. The number of alkyl halides is 6. The molecule has 6 nitrogen and oxygen atoms in total. The molecule has 0 bridgehead atoms. The lowest BCUT2D eigenvalue weighted by atomic mass is 9.98. The number of rotatable bonds is 8. The SMILES string of the molecule is Cc1cc2nn(CC3CN(C(=O)c4ccc(Oc5ccc(C(F)(F)F)cc5)cc4)C3)cc2cc1C(=O)CCC(F)(F)F. The Hall–Kier alpha value is -4.35. The van der Waals surface area contributed by atoms with Crippen LogP contribution in [0.2, 0.25) is 0 Å². The predicted octanol–water partition coefficient (Wildman–Crippen LogP) is 7.45. The third-order valence-corrected chi connectivity index (χ3v) is 7.04. The van der Waals surface area contributed by atoms with Crippen LogP contribution < -0.4 is 4.74 Å². The summed E-state index contributed by atoms with van der Waals surface area (Å²) in [5, 5.41) is 5.18. The van der Waals surface area contributed by atoms with Crippen LogP contribution in [-0.4, -0.2) is 45.6 Å². The lowest BCUT2D eigenvalue weighted by Crippen LogP contribution is -2.51. The van der Waals surface area contributed by atoms with Crippen LogP contribution in [0.3, 0.4) is 0 Å². The van der Waals surface area contributed by atoms with Crippen LogP contribution in [0, 0.1) is 12.8 Å². The van der Waals surface area contributed by atoms with Crippen LogP contribution in [0.4, 0.5) is 26.3 Å². The van der Waals surface area contributed by atoms with Crippen molar-refractivity contribution in [1.29, 1.82) is 0 Å². The summed E-state index contributed by atoms with van der Waals surface area (Å²) in [5.41, 5.74) is 1.11. The van der Waals surface area contributed by atoms with E-state index in [1.54, 1.807) is 59.1 Å². The minimum atomic E-state index is -4.43. The van der Waals surface area contributed by atoms with Crippen molar-refractivity contribution in [1.82, 2.24) is 14.7 Å². The summed E-state index contributed by atoms with van der Waals surface area (Å²) in [7, 11) is 0. The van der Waals surface area contributed by atoms with Gasteiger partial charge in [0.05, 0.1) is 17.5 Å². The summed E-state index contributed by atoms with van der Waals surface area (Å²) in [6, 6.07) is 13.9. The van der Waals surface area contributed by atoms with E-state index in [1.807, 2.05) is 0 Å². The van der Waals surface area contributed by atoms with Gasteiger partial charge in [-0.1, -0.05) is 0 Å². The normalized spacial score (nSPS) is 14.2. The highest BCUT2D eigenvalue weighted by Crippen LogP contribution is 2.32. The second-order valence-corrected chi connectivity index (χ2v) is 10.3. The third-order valence-electron chi connectivity index (χ3n) is 7.04. The number of ketones is 1. The quantitative estimate of drug-likeness (QED) is 0.158. The van der Waals surface area contributed by atoms with E-state index in [-0.39, 0.29) is 23.1 Å². The van der Waals surface area contributed by atoms with Crippen molar-refractivity contribution >= 4 is 22.6 Å². The first-order chi connectivity index (χ1) is 19.7. The smallest absolute Gasteiger partial charge is 0.416 e. The molecule has 1 aliphatic heterocycles. The van der Waals surface area contributed by atoms with E-state index in [2.05, 4.69) is 5.10 Å². The fourth-order valence-electron chi connectivity index (χ4n) is 4.82. The van der Waals surface area contributed by atoms with Gasteiger partial charge in [-0.3, -0.25) is 14.3 Å². The van der Waals surface area contributed by atoms with Gasteiger partial charge in [0.2, 0.25) is 0 Å². The third kappa shape index (κ3) is 6.75. The predicted molar refractivity (Wildman–Crippen MR) is 141 cm³/mol. The van der Waals surface area contributed by atoms with E-state index in [0.717, 1.165) is 12.1 Å². The van der Waals surface area contributed by atoms with E-state index in [0.29, 0.717) is 47.4 Å². The van der Waals surface area contributed by atoms with Crippen molar-refractivity contribution in [3.05, 3.63) is 89.1 Å². The molecule has 12 heteroatoms. The Morgan fingerprint density at radius 2 is 1.55 bits per heavy atom. The number of hydrogen-bond acceptors (Lipinski definition) is 4. The zero-order valence-corrected chi connectivity index (χ0v) is 22.3. The standard InChI is InChI=1S/C30H25F6N3O3/c1-18-12-26-21(13-25(18)27(40)10-11-29(31,32)33)17-39(37-26)16-19-14-38(15-19)28(41)20-2-6-23(7-3-20)42-24-8-4-22(5-9-24)30(34,35)36/h2-9,12-13,17,19H,10-11,14-16H2,1H3. The number of amides is 1. The summed E-state index contributed by atoms with van der Waals surface area (Å²) in [6.45, 7) is 3.19. The molecule has 0 saturated carbocycles. The Balaban J connectivity index is 1.14. The van der Waals surface area contributed by atoms with Gasteiger partial charge in [-0.15, -0.1) is 0 Å². The van der Waals surface area contributed by atoms with Crippen LogP contribution in [0.1, 0.15) is 44.7 Å². The summed E-state index contributed by atoms with van der Waals surface area (Å²) in [4.78, 5) is 26.9. The first-order valence-electron chi connectivity index (χ1n) is 13.1. The van der Waals surface area contributed by atoms with E-state index in [4.69, 9.17) is 4.74 Å². The van der Waals surface area contributed by atoms with Crippen molar-refractivity contribution in [2.75, 3.05) is 13.1 Å². The topological polar surface area (TPSA) is 64.4 Å². The Labute approximate surface area is 236 Å². The zero-order chi connectivity index (χ0) is 30.2. The first-order valence-corrected chi connectivity index (χ1v) is 13.1. The molecule has 1 aromatic heterocycles. The Kier molecular flexibility index (Phi) is 7.74. The molecule has 2 heterocycles. The average molecular weight is 590 g/mol. The first kappa shape index (κ1) is 29.2. The maximum absolute atomic E-state index is 12.9. The van der Waals surface area contributed by atoms with E-state index in [1.165, 1.54) is 12.1 Å². The van der Waals surface area contributed by atoms with Gasteiger partial charge in [0.25, 0.3) is 5.91 Å². The number of aromatic nitrogens is 2. The number of fused-ring (bicyclic) bond motifs is 1. The van der Waals surface area contributed by atoms with Gasteiger partial charge >= 0.3 is 12.4 Å². The maximum atomic E-state index is 12.9. The molecular formula is C30H25F6N3O3. The van der Waals surface area contributed by atoms with Gasteiger partial charge < -0.3 is 9.64 Å². The number of likely N-dealkylation sites (tertiary alicyclic amines) is 1. The molecule has 42 heavy (non-hydrogen) atoms. The number of carbonyl (C=O) groups excluding carboxylic acids is 2. The van der Waals surface area contributed by atoms with E-state index in [9.17, 15) is 35.9 Å². The van der Waals surface area contributed by atoms with Gasteiger partial charge in [-0.05, 0) is 73.2 Å². The molecule has 4 aromatic rings. The molecule has 1 amide bonds. The van der Waals surface area contributed by atoms with Crippen LogP contribution in [-0.2, 0) is 12.7 Å². The maximum Gasteiger partial charge on any atom is 0.416 e. The largest absolute Gasteiger partial charge is 0.457 e. The number of aryl methyl sites for hydroxylation is 1. The molecule has 1 fully saturated rings. The molecule has 0 unspecified atom stereocenters. The monoisotopic (exact) mass is 589 g/mol. The number of nitrogens with zero attached hydrogens (tertiary/aromatic N) is 3. The Morgan fingerprint density at radius 3 is 2.14 bits per heavy atom. The van der Waals surface area contributed by atoms with Crippen molar-refractivity contribution in [2.24, 2.45) is 5.92 Å². The summed E-state index contributed by atoms with van der Waals surface area (Å²) >= 11 is 0. The second-order valence-electron chi connectivity index (χ2n) is 10.3. The fourth-order valence-corrected chi connectivity index (χ4v) is 4.82. The molecule has 0 atom stereocenters. The number of ether oxygens (including phenoxy) is 1. The number of Topliss-reactive ketones (excluding diaryl/α,β-unsaturated/α-hetero) is 1. The highest BCUT2D eigenvalue weighted by molar-refractivity contribution is 6.01. The molecule has 220 valence electrons. The summed E-state index contributed by atoms with van der Waals surface area (Å²) < 4.78 is 83.1. The van der Waals surface area contributed by atoms with E-state index < -0.39 is 36.5 Å². The van der Waals surface area contributed by atoms with Crippen LogP contribution in [0.15, 0.2) is 66.9 Å². The Morgan fingerprint density at radius 1 is 0.929 bits per heavy atom. The van der Waals surface area contributed by atoms with Crippen LogP contribution in [0.5, 0.6) is 11.5 Å². The number of benzene rings is 3. The summed E-state index contributed by atoms with van der Waals surface area (Å²) in [6.07, 6.45) is -8.86. The molecular weight excluding hydrogens is 564 g/mol. The van der Waals surface area contributed by atoms with Crippen LogP contribution >= 0.6 is 0 Å². The van der Waals surface area contributed by atoms with Gasteiger partial charge in [0.15, 0.2) is 5.78 Å². The lowest BCUT2D eigenvalue weighted by molar-refractivity contribution is -0.137. The van der Waals surface area contributed by atoms with Crippen molar-refractivity contribution < 1.29 is 40.7 Å². The fraction of sp³-hybridized carbons (Fsp3) is 0.300. The average Bonchev–Trinajstić information content (AvgIpc) is 3.29. The molecule has 1 aliphatic rings. The molecule has 0 N–H and O–H groups in total. The molecule has 0 aliphatic carbocycles. The molecule has 0 spiro atoms. The van der Waals surface area contributed by atoms with Gasteiger partial charge in [0.1, 0.15) is 11.5 Å². The van der Waals surface area contributed by atoms with Crippen molar-refractivity contribution in [3.8, 4) is 11.5 Å². The zero-order valence-electron chi connectivity index (χ0n) is 22.3. The Bertz CT molecular complexity index is 1600.